The summed E-state index contributed by atoms with van der Waals surface area (Å²) in [6.45, 7) is 1.88. The molecule has 1 unspecified atom stereocenters. The molecule has 6 heteroatoms. The van der Waals surface area contributed by atoms with Gasteiger partial charge in [-0.25, -0.2) is 0 Å². The molecular weight excluding hydrogens is 234 g/mol. The molecule has 1 aliphatic carbocycles. The number of carbonyl (C=O) groups is 2. The van der Waals surface area contributed by atoms with E-state index in [1.54, 1.807) is 12.4 Å². The lowest BCUT2D eigenvalue weighted by atomic mass is 10.0. The molecule has 0 aliphatic heterocycles. The summed E-state index contributed by atoms with van der Waals surface area (Å²) >= 11 is 0. The molecule has 18 heavy (non-hydrogen) atoms. The first kappa shape index (κ1) is 12.6. The van der Waals surface area contributed by atoms with E-state index in [1.165, 1.54) is 0 Å². The summed E-state index contributed by atoms with van der Waals surface area (Å²) in [6, 6.07) is -0.111. The van der Waals surface area contributed by atoms with Gasteiger partial charge in [-0.05, 0) is 26.2 Å². The summed E-state index contributed by atoms with van der Waals surface area (Å²) in [5.41, 5.74) is 0.913. The molecule has 0 bridgehead atoms. The predicted octanol–water partition coefficient (Wildman–Crippen LogP) is 1.09. The maximum atomic E-state index is 12.0. The van der Waals surface area contributed by atoms with Crippen molar-refractivity contribution in [1.29, 1.82) is 0 Å². The van der Waals surface area contributed by atoms with Gasteiger partial charge in [-0.2, -0.15) is 5.10 Å². The second kappa shape index (κ2) is 5.20. The topological polar surface area (TPSA) is 95.1 Å². The Balaban J connectivity index is 1.87. The minimum Gasteiger partial charge on any atom is -0.481 e. The Bertz CT molecular complexity index is 430. The van der Waals surface area contributed by atoms with Crippen LogP contribution in [0.5, 0.6) is 0 Å². The fourth-order valence-corrected chi connectivity index (χ4v) is 2.36. The van der Waals surface area contributed by atoms with Crippen molar-refractivity contribution in [3.63, 3.8) is 0 Å². The number of aromatic nitrogens is 2. The summed E-state index contributed by atoms with van der Waals surface area (Å²) in [5, 5.41) is 18.3. The molecule has 1 aromatic rings. The highest BCUT2D eigenvalue weighted by Gasteiger charge is 2.34. The van der Waals surface area contributed by atoms with E-state index < -0.39 is 5.97 Å². The van der Waals surface area contributed by atoms with Crippen molar-refractivity contribution in [2.45, 2.75) is 32.2 Å². The molecule has 0 spiro atoms. The van der Waals surface area contributed by atoms with E-state index in [9.17, 15) is 9.59 Å². The zero-order chi connectivity index (χ0) is 13.1. The van der Waals surface area contributed by atoms with E-state index in [4.69, 9.17) is 5.11 Å². The van der Waals surface area contributed by atoms with Crippen molar-refractivity contribution in [3.8, 4) is 0 Å². The lowest BCUT2D eigenvalue weighted by Gasteiger charge is -2.15. The third-order valence-electron chi connectivity index (χ3n) is 3.53. The normalized spacial score (nSPS) is 24.7. The van der Waals surface area contributed by atoms with Crippen LogP contribution in [0.1, 0.15) is 37.8 Å². The van der Waals surface area contributed by atoms with Gasteiger partial charge in [-0.15, -0.1) is 0 Å². The molecule has 0 aromatic carbocycles. The molecule has 1 heterocycles. The van der Waals surface area contributed by atoms with Gasteiger partial charge in [0, 0.05) is 17.7 Å². The van der Waals surface area contributed by atoms with Crippen LogP contribution in [0.3, 0.4) is 0 Å². The smallest absolute Gasteiger partial charge is 0.306 e. The van der Waals surface area contributed by atoms with Crippen LogP contribution in [-0.4, -0.2) is 27.2 Å². The van der Waals surface area contributed by atoms with E-state index in [-0.39, 0.29) is 23.8 Å². The molecule has 6 nitrogen and oxygen atoms in total. The minimum absolute atomic E-state index is 0.0625. The van der Waals surface area contributed by atoms with Crippen LogP contribution in [0.25, 0.3) is 0 Å². The number of rotatable bonds is 4. The van der Waals surface area contributed by atoms with E-state index in [1.807, 2.05) is 6.92 Å². The number of carboxylic acids is 1. The first-order chi connectivity index (χ1) is 8.58. The van der Waals surface area contributed by atoms with Crippen molar-refractivity contribution >= 4 is 11.9 Å². The number of aromatic amines is 1. The van der Waals surface area contributed by atoms with E-state index >= 15 is 0 Å². The van der Waals surface area contributed by atoms with Gasteiger partial charge in [0.1, 0.15) is 0 Å². The molecule has 1 aromatic heterocycles. The average molecular weight is 251 g/mol. The highest BCUT2D eigenvalue weighted by atomic mass is 16.4. The van der Waals surface area contributed by atoms with Gasteiger partial charge in [0.25, 0.3) is 0 Å². The van der Waals surface area contributed by atoms with Crippen LogP contribution in [-0.2, 0) is 9.59 Å². The van der Waals surface area contributed by atoms with Crippen molar-refractivity contribution in [2.75, 3.05) is 0 Å². The van der Waals surface area contributed by atoms with E-state index in [0.29, 0.717) is 19.3 Å². The standard InChI is InChI=1S/C12H17N3O3/c1-7(10-5-13-14-6-10)15-11(16)8-2-3-9(4-8)12(17)18/h5-9H,2-4H2,1H3,(H,13,14)(H,15,16)(H,17,18)/t7?,8-,9+/m1/s1. The number of amides is 1. The number of nitrogens with zero attached hydrogens (tertiary/aromatic N) is 1. The van der Waals surface area contributed by atoms with E-state index in [0.717, 1.165) is 5.56 Å². The third kappa shape index (κ3) is 2.69. The zero-order valence-electron chi connectivity index (χ0n) is 10.2. The maximum absolute atomic E-state index is 12.0. The number of carboxylic acid groups (broad SMARTS) is 1. The van der Waals surface area contributed by atoms with Gasteiger partial charge in [-0.3, -0.25) is 14.7 Å². The van der Waals surface area contributed by atoms with Gasteiger partial charge in [0.05, 0.1) is 18.2 Å². The van der Waals surface area contributed by atoms with Crippen LogP contribution in [0.2, 0.25) is 0 Å². The zero-order valence-corrected chi connectivity index (χ0v) is 10.2. The number of aliphatic carboxylic acids is 1. The van der Waals surface area contributed by atoms with E-state index in [2.05, 4.69) is 15.5 Å². The molecule has 1 saturated carbocycles. The monoisotopic (exact) mass is 251 g/mol. The number of carbonyl (C=O) groups excluding carboxylic acids is 1. The molecule has 0 saturated heterocycles. The van der Waals surface area contributed by atoms with Crippen LogP contribution in [0.4, 0.5) is 0 Å². The SMILES string of the molecule is CC(NC(=O)[C@@H]1CC[C@H](C(=O)O)C1)c1cn[nH]c1. The molecule has 1 fully saturated rings. The van der Waals surface area contributed by atoms with Crippen molar-refractivity contribution in [1.82, 2.24) is 15.5 Å². The van der Waals surface area contributed by atoms with Crippen LogP contribution in [0.15, 0.2) is 12.4 Å². The summed E-state index contributed by atoms with van der Waals surface area (Å²) < 4.78 is 0. The minimum atomic E-state index is -0.798. The fourth-order valence-electron chi connectivity index (χ4n) is 2.36. The molecule has 0 radical (unpaired) electrons. The molecule has 2 rings (SSSR count). The summed E-state index contributed by atoms with van der Waals surface area (Å²) in [4.78, 5) is 22.8. The van der Waals surface area contributed by atoms with Crippen LogP contribution < -0.4 is 5.32 Å². The highest BCUT2D eigenvalue weighted by molar-refractivity contribution is 5.81. The summed E-state index contributed by atoms with van der Waals surface area (Å²) in [5.74, 6) is -1.41. The summed E-state index contributed by atoms with van der Waals surface area (Å²) in [6.07, 6.45) is 5.09. The number of H-pyrrole nitrogens is 1. The second-order valence-electron chi connectivity index (χ2n) is 4.81. The number of nitrogens with one attached hydrogen (secondary N) is 2. The lowest BCUT2D eigenvalue weighted by molar-refractivity contribution is -0.141. The molecular formula is C12H17N3O3. The van der Waals surface area contributed by atoms with Crippen molar-refractivity contribution < 1.29 is 14.7 Å². The Morgan fingerprint density at radius 3 is 2.78 bits per heavy atom. The number of hydrogen-bond acceptors (Lipinski definition) is 3. The molecule has 3 N–H and O–H groups in total. The largest absolute Gasteiger partial charge is 0.481 e. The first-order valence-electron chi connectivity index (χ1n) is 6.09. The Labute approximate surface area is 105 Å². The second-order valence-corrected chi connectivity index (χ2v) is 4.81. The van der Waals surface area contributed by atoms with Crippen molar-refractivity contribution in [2.24, 2.45) is 11.8 Å². The first-order valence-corrected chi connectivity index (χ1v) is 6.09. The van der Waals surface area contributed by atoms with Gasteiger partial charge >= 0.3 is 5.97 Å². The van der Waals surface area contributed by atoms with Gasteiger partial charge in [0.2, 0.25) is 5.91 Å². The number of hydrogen-bond donors (Lipinski definition) is 3. The van der Waals surface area contributed by atoms with Gasteiger partial charge in [0.15, 0.2) is 0 Å². The quantitative estimate of drug-likeness (QED) is 0.746. The lowest BCUT2D eigenvalue weighted by Crippen LogP contribution is -2.31. The summed E-state index contributed by atoms with van der Waals surface area (Å²) in [7, 11) is 0. The molecule has 3 atom stereocenters. The van der Waals surface area contributed by atoms with Crippen LogP contribution >= 0.6 is 0 Å². The Morgan fingerprint density at radius 2 is 2.22 bits per heavy atom. The van der Waals surface area contributed by atoms with Crippen molar-refractivity contribution in [3.05, 3.63) is 18.0 Å². The third-order valence-corrected chi connectivity index (χ3v) is 3.53. The van der Waals surface area contributed by atoms with Crippen LogP contribution in [0, 0.1) is 11.8 Å². The molecule has 1 amide bonds. The molecule has 98 valence electrons. The fraction of sp³-hybridized carbons (Fsp3) is 0.583. The Morgan fingerprint density at radius 1 is 1.50 bits per heavy atom. The van der Waals surface area contributed by atoms with Gasteiger partial charge < -0.3 is 10.4 Å². The molecule has 1 aliphatic rings. The Kier molecular flexibility index (Phi) is 3.64. The maximum Gasteiger partial charge on any atom is 0.306 e. The predicted molar refractivity (Wildman–Crippen MR) is 63.6 cm³/mol. The Hall–Kier alpha value is -1.85. The highest BCUT2D eigenvalue weighted by Crippen LogP contribution is 2.31. The van der Waals surface area contributed by atoms with Gasteiger partial charge in [-0.1, -0.05) is 0 Å². The average Bonchev–Trinajstić information content (AvgIpc) is 3.00.